The van der Waals surface area contributed by atoms with Crippen molar-refractivity contribution in [2.45, 2.75) is 126 Å². The van der Waals surface area contributed by atoms with Gasteiger partial charge in [-0.05, 0) is 83.3 Å². The smallest absolute Gasteiger partial charge is 0.411 e. The second-order valence-electron chi connectivity index (χ2n) is 17.1. The number of nitrogens with zero attached hydrogens (tertiary/aromatic N) is 3. The van der Waals surface area contributed by atoms with Crippen molar-refractivity contribution in [3.8, 4) is 11.6 Å². The zero-order chi connectivity index (χ0) is 43.5. The number of carboxylic acid groups (broad SMARTS) is 1. The van der Waals surface area contributed by atoms with E-state index in [0.29, 0.717) is 56.2 Å². The summed E-state index contributed by atoms with van der Waals surface area (Å²) in [6.45, 7) is 6.05. The van der Waals surface area contributed by atoms with Crippen LogP contribution in [0.15, 0.2) is 36.4 Å². The molecule has 1 aromatic heterocycles. The van der Waals surface area contributed by atoms with Gasteiger partial charge in [0, 0.05) is 29.9 Å². The van der Waals surface area contributed by atoms with Gasteiger partial charge in [-0.2, -0.15) is 13.2 Å². The molecule has 7 atom stereocenters. The van der Waals surface area contributed by atoms with E-state index in [1.807, 2.05) is 13.0 Å². The maximum absolute atomic E-state index is 15.1. The van der Waals surface area contributed by atoms with E-state index in [1.54, 1.807) is 31.2 Å². The van der Waals surface area contributed by atoms with E-state index < -0.39 is 85.9 Å². The highest BCUT2D eigenvalue weighted by Crippen LogP contribution is 2.48. The molecule has 0 unspecified atom stereocenters. The molecule has 19 heteroatoms. The molecule has 4 aliphatic rings. The van der Waals surface area contributed by atoms with Crippen molar-refractivity contribution in [1.29, 1.82) is 0 Å². The molecule has 6 rings (SSSR count). The van der Waals surface area contributed by atoms with Gasteiger partial charge < -0.3 is 24.8 Å². The Bertz CT molecular complexity index is 2150. The van der Waals surface area contributed by atoms with Crippen molar-refractivity contribution in [2.75, 3.05) is 13.7 Å². The molecule has 0 radical (unpaired) electrons. The Morgan fingerprint density at radius 1 is 1.17 bits per heavy atom. The van der Waals surface area contributed by atoms with E-state index in [1.165, 1.54) is 20.1 Å². The fourth-order valence-corrected chi connectivity index (χ4v) is 9.84. The number of methoxy groups -OCH3 is 1. The molecule has 3 heterocycles. The molecule has 1 aromatic carbocycles. The lowest BCUT2D eigenvalue weighted by Gasteiger charge is -2.46. The fraction of sp³-hybridized carbons (Fsp3) is 0.625. The minimum atomic E-state index is -5.10. The second kappa shape index (κ2) is 15.9. The van der Waals surface area contributed by atoms with Crippen LogP contribution < -0.4 is 19.5 Å². The number of benzene rings is 1. The van der Waals surface area contributed by atoms with Gasteiger partial charge >= 0.3 is 12.3 Å². The van der Waals surface area contributed by atoms with Crippen LogP contribution in [0, 0.1) is 17.8 Å². The number of pyridine rings is 1. The minimum absolute atomic E-state index is 0.000508. The van der Waals surface area contributed by atoms with Crippen molar-refractivity contribution in [2.24, 2.45) is 17.8 Å². The third-order valence-corrected chi connectivity index (χ3v) is 15.1. The summed E-state index contributed by atoms with van der Waals surface area (Å²) in [7, 11) is -2.65. The number of fused-ring (bicyclic) bond motifs is 3. The Hall–Kier alpha value is -4.32. The van der Waals surface area contributed by atoms with E-state index in [-0.39, 0.29) is 53.9 Å². The summed E-state index contributed by atoms with van der Waals surface area (Å²) in [4.78, 5) is 62.4. The largest absolute Gasteiger partial charge is 0.497 e. The predicted molar refractivity (Wildman–Crippen MR) is 211 cm³/mol. The van der Waals surface area contributed by atoms with E-state index in [0.717, 1.165) is 4.90 Å². The lowest BCUT2D eigenvalue weighted by Crippen LogP contribution is -2.66. The van der Waals surface area contributed by atoms with Crippen molar-refractivity contribution >= 4 is 56.3 Å². The highest BCUT2D eigenvalue weighted by Gasteiger charge is 2.64. The van der Waals surface area contributed by atoms with Crippen LogP contribution in [-0.2, 0) is 24.4 Å². The summed E-state index contributed by atoms with van der Waals surface area (Å²) in [5.41, 5.74) is -4.38. The number of ether oxygens (including phenoxy) is 2. The van der Waals surface area contributed by atoms with Crippen LogP contribution >= 0.6 is 11.6 Å². The normalized spacial score (nSPS) is 29.2. The molecule has 59 heavy (non-hydrogen) atoms. The van der Waals surface area contributed by atoms with Crippen LogP contribution in [0.5, 0.6) is 11.6 Å². The number of nitrogens with one attached hydrogen (secondary N) is 2. The van der Waals surface area contributed by atoms with E-state index in [9.17, 15) is 41.1 Å². The van der Waals surface area contributed by atoms with Crippen LogP contribution in [-0.4, -0.2) is 106 Å². The van der Waals surface area contributed by atoms with Crippen molar-refractivity contribution in [1.82, 2.24) is 24.8 Å². The number of sulfonamides is 1. The summed E-state index contributed by atoms with van der Waals surface area (Å²) in [5, 5.41) is 14.1. The van der Waals surface area contributed by atoms with Crippen LogP contribution in [0.2, 0.25) is 5.02 Å². The fourth-order valence-electron chi connectivity index (χ4n) is 8.27. The first-order valence-electron chi connectivity index (χ1n) is 19.7. The highest BCUT2D eigenvalue weighted by molar-refractivity contribution is 7.91. The average Bonchev–Trinajstić information content (AvgIpc) is 4.03. The molecule has 2 aliphatic carbocycles. The summed E-state index contributed by atoms with van der Waals surface area (Å²) in [6, 6.07) is 3.06. The van der Waals surface area contributed by atoms with Crippen molar-refractivity contribution in [3.05, 3.63) is 41.4 Å². The number of aromatic nitrogens is 1. The van der Waals surface area contributed by atoms with Crippen LogP contribution in [0.25, 0.3) is 10.9 Å². The molecule has 1 saturated heterocycles. The number of alkyl halides is 3. The quantitative estimate of drug-likeness (QED) is 0.245. The average molecular weight is 870 g/mol. The number of rotatable bonds is 9. The van der Waals surface area contributed by atoms with Gasteiger partial charge in [-0.25, -0.2) is 18.2 Å². The number of carbonyl (C=O) groups is 4. The molecule has 324 valence electrons. The SMILES string of the molecule is CC[C@@H]1C[C@H](C)CC/C=C\[C@@H]2C[C@@]2(C(=O)NS(=O)(=O)C2(C)CC2)NC(=O)[C@@H]2C[C@@H](Oc3cc(Cl)c4ccc(OC)cc4n3)CN2C(=O)[C@H]1N(C(=O)O)C(C)(C)C(F)(F)F. The second-order valence-corrected chi connectivity index (χ2v) is 19.7. The Labute approximate surface area is 346 Å². The molecule has 2 saturated carbocycles. The molecule has 0 bridgehead atoms. The Morgan fingerprint density at radius 3 is 2.47 bits per heavy atom. The van der Waals surface area contributed by atoms with Gasteiger partial charge in [0.25, 0.3) is 5.91 Å². The molecule has 0 spiro atoms. The molecule has 14 nitrogen and oxygen atoms in total. The Kier molecular flexibility index (Phi) is 12.0. The summed E-state index contributed by atoms with van der Waals surface area (Å²) < 4.78 is 83.3. The predicted octanol–water partition coefficient (Wildman–Crippen LogP) is 6.21. The molecule has 4 amide bonds. The van der Waals surface area contributed by atoms with Gasteiger partial charge in [-0.1, -0.05) is 44.0 Å². The molecular weight excluding hydrogens is 819 g/mol. The lowest BCUT2D eigenvalue weighted by molar-refractivity contribution is -0.222. The third-order valence-electron chi connectivity index (χ3n) is 12.6. The molecular formula is C40H51ClF3N5O9S. The third kappa shape index (κ3) is 8.53. The lowest BCUT2D eigenvalue weighted by atomic mass is 9.82. The number of amides is 4. The molecule has 3 fully saturated rings. The van der Waals surface area contributed by atoms with Crippen molar-refractivity contribution in [3.63, 3.8) is 0 Å². The van der Waals surface area contributed by atoms with Crippen LogP contribution in [0.1, 0.15) is 86.0 Å². The number of carbonyl (C=O) groups excluding carboxylic acids is 3. The molecule has 2 aromatic rings. The Morgan fingerprint density at radius 2 is 1.86 bits per heavy atom. The summed E-state index contributed by atoms with van der Waals surface area (Å²) in [6.07, 6.45) is -2.81. The van der Waals surface area contributed by atoms with E-state index in [4.69, 9.17) is 21.1 Å². The van der Waals surface area contributed by atoms with Crippen molar-refractivity contribution < 1.29 is 55.3 Å². The Balaban J connectivity index is 1.43. The van der Waals surface area contributed by atoms with Crippen LogP contribution in [0.4, 0.5) is 18.0 Å². The monoisotopic (exact) mass is 869 g/mol. The van der Waals surface area contributed by atoms with Crippen LogP contribution in [0.3, 0.4) is 0 Å². The topological polar surface area (TPSA) is 185 Å². The highest BCUT2D eigenvalue weighted by atomic mass is 35.5. The molecule has 2 aliphatic heterocycles. The number of hydrogen-bond donors (Lipinski definition) is 3. The first kappa shape index (κ1) is 44.2. The van der Waals surface area contributed by atoms with Gasteiger partial charge in [0.2, 0.25) is 27.7 Å². The first-order valence-corrected chi connectivity index (χ1v) is 21.6. The number of hydrogen-bond acceptors (Lipinski definition) is 9. The standard InChI is InChI=1S/C40H51ClF3N5O9S/c1-7-23-16-22(2)10-8-9-11-24-20-39(24,35(52)47-59(55,56)38(5)14-15-38)46-33(50)30-18-26(58-31-19-28(41)27-13-12-25(57-6)17-29(27)45-31)21-48(30)34(51)32(23)49(36(53)54)37(3,4)40(42,43)44/h9,11-13,17,19,22-24,26,30,32H,7-8,10,14-16,18,20-21H2,1-6H3,(H,46,50)(H,47,52)(H,53,54)/b11-9-/t22-,23-,24-,26-,30+,32+,39-/m1/s1. The van der Waals surface area contributed by atoms with E-state index in [2.05, 4.69) is 15.0 Å². The number of allylic oxidation sites excluding steroid dienone is 1. The van der Waals surface area contributed by atoms with E-state index >= 15 is 4.79 Å². The van der Waals surface area contributed by atoms with Gasteiger partial charge in [-0.15, -0.1) is 0 Å². The minimum Gasteiger partial charge on any atom is -0.497 e. The first-order chi connectivity index (χ1) is 27.5. The zero-order valence-electron chi connectivity index (χ0n) is 33.8. The summed E-state index contributed by atoms with van der Waals surface area (Å²) >= 11 is 6.58. The zero-order valence-corrected chi connectivity index (χ0v) is 35.3. The van der Waals surface area contributed by atoms with Gasteiger partial charge in [0.05, 0.1) is 28.9 Å². The van der Waals surface area contributed by atoms with Gasteiger partial charge in [-0.3, -0.25) is 24.0 Å². The maximum atomic E-state index is 15.1. The number of halogens is 4. The van der Waals surface area contributed by atoms with Gasteiger partial charge in [0.15, 0.2) is 0 Å². The summed E-state index contributed by atoms with van der Waals surface area (Å²) in [5.74, 6) is -4.14. The molecule has 3 N–H and O–H groups in total. The maximum Gasteiger partial charge on any atom is 0.411 e. The van der Waals surface area contributed by atoms with Gasteiger partial charge in [0.1, 0.15) is 35.0 Å².